The molecule has 2 fully saturated rings. The Morgan fingerprint density at radius 1 is 1.12 bits per heavy atom. The van der Waals surface area contributed by atoms with E-state index in [1.54, 1.807) is 17.0 Å². The van der Waals surface area contributed by atoms with Gasteiger partial charge in [-0.1, -0.05) is 62.4 Å². The highest BCUT2D eigenvalue weighted by atomic mass is 19.4. The van der Waals surface area contributed by atoms with Crippen molar-refractivity contribution in [2.45, 2.75) is 81.5 Å². The number of alkyl halides is 3. The predicted octanol–water partition coefficient (Wildman–Crippen LogP) is 6.25. The molecule has 5 atom stereocenters. The number of aliphatic hydroxyl groups is 1. The molecule has 2 bridgehead atoms. The Kier molecular flexibility index (Phi) is 8.23. The maximum atomic E-state index is 14.0. The Morgan fingerprint density at radius 3 is 2.67 bits per heavy atom. The minimum absolute atomic E-state index is 0.0335. The van der Waals surface area contributed by atoms with Crippen LogP contribution in [0.15, 0.2) is 72.8 Å². The number of aromatic hydroxyl groups is 1. The molecule has 0 aromatic heterocycles. The number of nitrogens with zero attached hydrogens (tertiary/aromatic N) is 2. The molecule has 7 nitrogen and oxygen atoms in total. The number of rotatable bonds is 9. The van der Waals surface area contributed by atoms with Crippen LogP contribution in [0.4, 0.5) is 13.2 Å². The van der Waals surface area contributed by atoms with Crippen molar-refractivity contribution in [2.75, 3.05) is 19.6 Å². The number of likely N-dealkylation sites (tertiary alicyclic amines) is 1. The van der Waals surface area contributed by atoms with E-state index in [1.807, 2.05) is 38.1 Å². The van der Waals surface area contributed by atoms with Crippen molar-refractivity contribution in [3.05, 3.63) is 95.1 Å². The van der Waals surface area contributed by atoms with Crippen LogP contribution in [0, 0.1) is 5.92 Å². The van der Waals surface area contributed by atoms with Gasteiger partial charge >= 0.3 is 6.36 Å². The average molecular weight is 663 g/mol. The maximum absolute atomic E-state index is 14.0. The van der Waals surface area contributed by atoms with Gasteiger partial charge in [0.1, 0.15) is 11.9 Å². The molecule has 3 aromatic rings. The van der Waals surface area contributed by atoms with E-state index in [-0.39, 0.29) is 29.4 Å². The molecule has 48 heavy (non-hydrogen) atoms. The van der Waals surface area contributed by atoms with Gasteiger partial charge in [0.05, 0.1) is 17.1 Å². The number of benzene rings is 3. The minimum atomic E-state index is -4.82. The Bertz CT molecular complexity index is 1710. The van der Waals surface area contributed by atoms with Crippen LogP contribution in [0.5, 0.6) is 17.2 Å². The Hall–Kier alpha value is -4.02. The molecular formula is C38H41F3N2O5. The lowest BCUT2D eigenvalue weighted by molar-refractivity contribution is -0.274. The summed E-state index contributed by atoms with van der Waals surface area (Å²) in [5, 5.41) is 24.0. The third kappa shape index (κ3) is 5.52. The number of carbonyl (C=O) groups excluding carboxylic acids is 1. The van der Waals surface area contributed by atoms with Gasteiger partial charge in [0.25, 0.3) is 0 Å². The van der Waals surface area contributed by atoms with Crippen LogP contribution in [-0.2, 0) is 23.1 Å². The number of amides is 1. The van der Waals surface area contributed by atoms with E-state index < -0.39 is 29.5 Å². The second-order valence-corrected chi connectivity index (χ2v) is 14.1. The Morgan fingerprint density at radius 2 is 1.92 bits per heavy atom. The van der Waals surface area contributed by atoms with Crippen LogP contribution >= 0.6 is 0 Å². The molecular weight excluding hydrogens is 621 g/mol. The molecule has 1 saturated heterocycles. The Labute approximate surface area is 278 Å². The van der Waals surface area contributed by atoms with E-state index in [0.29, 0.717) is 43.5 Å². The van der Waals surface area contributed by atoms with Crippen molar-refractivity contribution in [3.63, 3.8) is 0 Å². The SMILES string of the molecule is CC(C)CN(C(=O)C=Cc1cccc(OC(F)(F)F)c1)[C@H]1CC[C@@]2(O)[C@H]3Cc4ccc(O)c5c4[C@@]2(CCN3CCc2ccccc2)[C@H]1O5. The summed E-state index contributed by atoms with van der Waals surface area (Å²) >= 11 is 0. The number of piperidine rings is 1. The summed E-state index contributed by atoms with van der Waals surface area (Å²) in [5.74, 6) is -0.110. The molecule has 254 valence electrons. The van der Waals surface area contributed by atoms with Crippen LogP contribution in [0.3, 0.4) is 0 Å². The van der Waals surface area contributed by atoms with E-state index in [2.05, 4.69) is 21.8 Å². The second-order valence-electron chi connectivity index (χ2n) is 14.1. The van der Waals surface area contributed by atoms with E-state index in [9.17, 15) is 28.2 Å². The molecule has 2 aliphatic heterocycles. The van der Waals surface area contributed by atoms with Gasteiger partial charge in [-0.2, -0.15) is 0 Å². The molecule has 4 aliphatic rings. The zero-order valence-electron chi connectivity index (χ0n) is 27.1. The summed E-state index contributed by atoms with van der Waals surface area (Å²) in [4.78, 5) is 18.2. The number of phenolic OH excluding ortho intramolecular Hbond substituents is 1. The summed E-state index contributed by atoms with van der Waals surface area (Å²) in [5.41, 5.74) is 1.64. The van der Waals surface area contributed by atoms with Crippen molar-refractivity contribution >= 4 is 12.0 Å². The molecule has 10 heteroatoms. The van der Waals surface area contributed by atoms with Gasteiger partial charge in [-0.15, -0.1) is 13.2 Å². The third-order valence-electron chi connectivity index (χ3n) is 10.8. The van der Waals surface area contributed by atoms with Crippen molar-refractivity contribution in [1.29, 1.82) is 0 Å². The predicted molar refractivity (Wildman–Crippen MR) is 175 cm³/mol. The van der Waals surface area contributed by atoms with Crippen LogP contribution in [-0.4, -0.2) is 75.7 Å². The fourth-order valence-electron chi connectivity index (χ4n) is 8.97. The first-order valence-corrected chi connectivity index (χ1v) is 16.8. The number of hydrogen-bond acceptors (Lipinski definition) is 6. The number of ether oxygens (including phenoxy) is 2. The number of carbonyl (C=O) groups is 1. The van der Waals surface area contributed by atoms with Gasteiger partial charge in [0.15, 0.2) is 11.5 Å². The average Bonchev–Trinajstić information content (AvgIpc) is 3.39. The van der Waals surface area contributed by atoms with Crippen molar-refractivity contribution in [1.82, 2.24) is 9.80 Å². The summed E-state index contributed by atoms with van der Waals surface area (Å²) in [6.45, 7) is 6.02. The van der Waals surface area contributed by atoms with Crippen molar-refractivity contribution < 1.29 is 37.7 Å². The molecule has 2 N–H and O–H groups in total. The summed E-state index contributed by atoms with van der Waals surface area (Å²) in [7, 11) is 0. The standard InChI is InChI=1S/C38H41F3N2O5/c1-24(2)23-43(32(45)14-11-26-9-6-10-28(21-26)48-38(39,40)41)29-15-17-37(46)31-22-27-12-13-30(44)34-33(27)36(37,35(29)47-34)18-20-42(31)19-16-25-7-4-3-5-8-25/h3-14,21,24,29,31,35,44,46H,15-20,22-23H2,1-2H3/t29-,31+,35-,36-,37+/m0/s1. The molecule has 2 heterocycles. The molecule has 7 rings (SSSR count). The topological polar surface area (TPSA) is 82.5 Å². The zero-order chi connectivity index (χ0) is 33.8. The maximum Gasteiger partial charge on any atom is 0.573 e. The lowest BCUT2D eigenvalue weighted by Gasteiger charge is -2.65. The van der Waals surface area contributed by atoms with E-state index in [4.69, 9.17) is 4.74 Å². The summed E-state index contributed by atoms with van der Waals surface area (Å²) in [6.07, 6.45) is 0.550. The van der Waals surface area contributed by atoms with Crippen molar-refractivity contribution in [3.8, 4) is 17.2 Å². The number of phenols is 1. The van der Waals surface area contributed by atoms with E-state index in [1.165, 1.54) is 35.9 Å². The minimum Gasteiger partial charge on any atom is -0.504 e. The van der Waals surface area contributed by atoms with Crippen LogP contribution in [0.25, 0.3) is 6.08 Å². The van der Waals surface area contributed by atoms with Gasteiger partial charge < -0.3 is 24.6 Å². The summed E-state index contributed by atoms with van der Waals surface area (Å²) in [6, 6.07) is 18.9. The van der Waals surface area contributed by atoms with E-state index >= 15 is 0 Å². The fourth-order valence-corrected chi connectivity index (χ4v) is 8.97. The summed E-state index contributed by atoms with van der Waals surface area (Å²) < 4.78 is 49.2. The van der Waals surface area contributed by atoms with Gasteiger partial charge in [-0.3, -0.25) is 9.69 Å². The zero-order valence-corrected chi connectivity index (χ0v) is 27.1. The molecule has 2 aliphatic carbocycles. The fraction of sp³-hybridized carbons (Fsp3) is 0.447. The quantitative estimate of drug-likeness (QED) is 0.264. The van der Waals surface area contributed by atoms with E-state index in [0.717, 1.165) is 30.6 Å². The monoisotopic (exact) mass is 662 g/mol. The first kappa shape index (κ1) is 32.5. The third-order valence-corrected chi connectivity index (χ3v) is 10.8. The van der Waals surface area contributed by atoms with Crippen LogP contribution in [0.1, 0.15) is 55.4 Å². The highest BCUT2D eigenvalue weighted by Gasteiger charge is 2.73. The molecule has 1 saturated carbocycles. The van der Waals surface area contributed by atoms with Crippen LogP contribution in [0.2, 0.25) is 0 Å². The van der Waals surface area contributed by atoms with Gasteiger partial charge in [-0.05, 0) is 85.5 Å². The smallest absolute Gasteiger partial charge is 0.504 e. The van der Waals surface area contributed by atoms with Gasteiger partial charge in [0, 0.05) is 30.8 Å². The molecule has 1 amide bonds. The van der Waals surface area contributed by atoms with Crippen LogP contribution < -0.4 is 9.47 Å². The highest BCUT2D eigenvalue weighted by molar-refractivity contribution is 5.92. The largest absolute Gasteiger partial charge is 0.573 e. The highest BCUT2D eigenvalue weighted by Crippen LogP contribution is 2.66. The molecule has 0 radical (unpaired) electrons. The van der Waals surface area contributed by atoms with Gasteiger partial charge in [-0.25, -0.2) is 0 Å². The first-order valence-electron chi connectivity index (χ1n) is 16.8. The lowest BCUT2D eigenvalue weighted by atomic mass is 9.48. The van der Waals surface area contributed by atoms with Gasteiger partial charge in [0.2, 0.25) is 5.91 Å². The lowest BCUT2D eigenvalue weighted by Crippen LogP contribution is -2.78. The number of hydrogen-bond donors (Lipinski definition) is 2. The van der Waals surface area contributed by atoms with Crippen molar-refractivity contribution in [2.24, 2.45) is 5.92 Å². The normalized spacial score (nSPS) is 27.5. The Balaban J connectivity index is 1.21. The molecule has 0 unspecified atom stereocenters. The second kappa shape index (κ2) is 12.1. The molecule has 3 aromatic carbocycles. The first-order chi connectivity index (χ1) is 22.9. The number of halogens is 3. The molecule has 1 spiro atoms.